The van der Waals surface area contributed by atoms with Crippen LogP contribution in [0.5, 0.6) is 0 Å². The summed E-state index contributed by atoms with van der Waals surface area (Å²) in [6, 6.07) is 0. The van der Waals surface area contributed by atoms with Crippen molar-refractivity contribution in [2.75, 3.05) is 0 Å². The molecule has 0 atom stereocenters. The molecule has 0 fully saturated rings. The summed E-state index contributed by atoms with van der Waals surface area (Å²) in [4.78, 5) is 0. The van der Waals surface area contributed by atoms with Crippen molar-refractivity contribution in [2.24, 2.45) is 7.05 Å². The third-order valence-corrected chi connectivity index (χ3v) is 1.59. The van der Waals surface area contributed by atoms with Gasteiger partial charge in [-0.05, 0) is 6.42 Å². The van der Waals surface area contributed by atoms with Crippen LogP contribution in [0.1, 0.15) is 19.8 Å². The second kappa shape index (κ2) is 9.15. The van der Waals surface area contributed by atoms with Gasteiger partial charge < -0.3 is 9.11 Å². The van der Waals surface area contributed by atoms with Gasteiger partial charge in [0.25, 0.3) is 0 Å². The Labute approximate surface area is 118 Å². The molecule has 1 rings (SSSR count). The van der Waals surface area contributed by atoms with E-state index in [1.165, 1.54) is 12.8 Å². The van der Waals surface area contributed by atoms with Gasteiger partial charge >= 0.3 is 29.6 Å². The second-order valence-electron chi connectivity index (χ2n) is 3.08. The Morgan fingerprint density at radius 1 is 1.38 bits per heavy atom. The van der Waals surface area contributed by atoms with Gasteiger partial charge in [-0.1, -0.05) is 13.3 Å². The first-order chi connectivity index (χ1) is 6.83. The van der Waals surface area contributed by atoms with Gasteiger partial charge in [0, 0.05) is 10.4 Å². The van der Waals surface area contributed by atoms with E-state index in [0.717, 1.165) is 6.54 Å². The molecule has 0 N–H and O–H groups in total. The van der Waals surface area contributed by atoms with E-state index < -0.39 is 10.4 Å². The van der Waals surface area contributed by atoms with Crippen LogP contribution in [0.25, 0.3) is 0 Å². The van der Waals surface area contributed by atoms with Crippen LogP contribution in [0.2, 0.25) is 0 Å². The summed E-state index contributed by atoms with van der Waals surface area (Å²) in [6.45, 7) is 3.36. The van der Waals surface area contributed by atoms with Gasteiger partial charge in [-0.15, -0.1) is 0 Å². The van der Waals surface area contributed by atoms with Crippen LogP contribution < -0.4 is 34.1 Å². The summed E-state index contributed by atoms with van der Waals surface area (Å²) in [6.07, 6.45) is 8.82. The summed E-state index contributed by atoms with van der Waals surface area (Å²) in [5.41, 5.74) is 0. The number of aromatic nitrogens is 2. The van der Waals surface area contributed by atoms with Crippen molar-refractivity contribution in [3.63, 3.8) is 0 Å². The first-order valence-corrected chi connectivity index (χ1v) is 5.84. The van der Waals surface area contributed by atoms with Gasteiger partial charge in [0.2, 0.25) is 6.33 Å². The van der Waals surface area contributed by atoms with Gasteiger partial charge in [0.15, 0.2) is 0 Å². The zero-order valence-corrected chi connectivity index (χ0v) is 12.6. The number of imidazole rings is 1. The molecule has 0 aromatic carbocycles. The molecule has 0 unspecified atom stereocenters. The molecule has 0 radical (unpaired) electrons. The van der Waals surface area contributed by atoms with E-state index in [0.29, 0.717) is 0 Å². The van der Waals surface area contributed by atoms with Gasteiger partial charge in [-0.25, -0.2) is 9.13 Å². The summed E-state index contributed by atoms with van der Waals surface area (Å²) in [5.74, 6) is 0. The molecule has 1 heterocycles. The van der Waals surface area contributed by atoms with Gasteiger partial charge in [-0.2, -0.15) is 0 Å². The molecule has 0 aliphatic heterocycles. The van der Waals surface area contributed by atoms with Crippen molar-refractivity contribution in [1.82, 2.24) is 4.57 Å². The SMILES string of the molecule is CCCCn1cc[n+](C)c1.O=S(=O)([O-])[O-].[Na+]. The average Bonchev–Trinajstić information content (AvgIpc) is 2.45. The zero-order valence-electron chi connectivity index (χ0n) is 9.79. The molecule has 6 nitrogen and oxygen atoms in total. The Kier molecular flexibility index (Phi) is 10.5. The number of hydrogen-bond acceptors (Lipinski definition) is 4. The van der Waals surface area contributed by atoms with Crippen molar-refractivity contribution < 1.29 is 51.6 Å². The minimum absolute atomic E-state index is 0. The van der Waals surface area contributed by atoms with Gasteiger partial charge in [-0.3, -0.25) is 8.42 Å². The first-order valence-electron chi connectivity index (χ1n) is 4.50. The molecule has 0 spiro atoms. The van der Waals surface area contributed by atoms with Gasteiger partial charge in [0.05, 0.1) is 13.6 Å². The fraction of sp³-hybridized carbons (Fsp3) is 0.625. The van der Waals surface area contributed by atoms with Crippen molar-refractivity contribution in [3.05, 3.63) is 18.7 Å². The van der Waals surface area contributed by atoms with E-state index in [1.54, 1.807) is 0 Å². The monoisotopic (exact) mass is 258 g/mol. The molecule has 0 amide bonds. The third-order valence-electron chi connectivity index (χ3n) is 1.59. The number of hydrogen-bond donors (Lipinski definition) is 0. The van der Waals surface area contributed by atoms with Crippen molar-refractivity contribution >= 4 is 10.4 Å². The molecule has 16 heavy (non-hydrogen) atoms. The first kappa shape index (κ1) is 18.4. The smallest absolute Gasteiger partial charge is 0.759 e. The summed E-state index contributed by atoms with van der Waals surface area (Å²) in [5, 5.41) is 0. The van der Waals surface area contributed by atoms with Gasteiger partial charge in [0.1, 0.15) is 12.4 Å². The van der Waals surface area contributed by atoms with Crippen LogP contribution in [-0.4, -0.2) is 22.1 Å². The molecule has 0 aliphatic rings. The Bertz CT molecular complexity index is 369. The molecule has 0 bridgehead atoms. The summed E-state index contributed by atoms with van der Waals surface area (Å²) < 4.78 is 38.4. The van der Waals surface area contributed by atoms with Crippen molar-refractivity contribution in [3.8, 4) is 0 Å². The molecule has 1 aromatic rings. The van der Waals surface area contributed by atoms with Crippen LogP contribution in [0.15, 0.2) is 18.7 Å². The molecular formula is C8H15N2NaO4S. The fourth-order valence-electron chi connectivity index (χ4n) is 0.975. The van der Waals surface area contributed by atoms with Crippen molar-refractivity contribution in [2.45, 2.75) is 26.3 Å². The molecule has 88 valence electrons. The maximum atomic E-state index is 8.52. The van der Waals surface area contributed by atoms with Crippen LogP contribution in [0.3, 0.4) is 0 Å². The maximum absolute atomic E-state index is 8.52. The van der Waals surface area contributed by atoms with Crippen molar-refractivity contribution in [1.29, 1.82) is 0 Å². The Balaban J connectivity index is 0. The largest absolute Gasteiger partial charge is 1.00 e. The molecule has 0 saturated heterocycles. The topological polar surface area (TPSA) is 89.1 Å². The van der Waals surface area contributed by atoms with E-state index >= 15 is 0 Å². The molecule has 8 heteroatoms. The number of aryl methyl sites for hydroxylation is 2. The number of rotatable bonds is 3. The van der Waals surface area contributed by atoms with Crippen LogP contribution >= 0.6 is 0 Å². The third kappa shape index (κ3) is 14.1. The molecular weight excluding hydrogens is 243 g/mol. The van der Waals surface area contributed by atoms with Crippen LogP contribution in [-0.2, 0) is 24.0 Å². The van der Waals surface area contributed by atoms with Crippen LogP contribution in [0.4, 0.5) is 0 Å². The maximum Gasteiger partial charge on any atom is 1.00 e. The van der Waals surface area contributed by atoms with E-state index in [9.17, 15) is 0 Å². The minimum Gasteiger partial charge on any atom is -0.759 e. The van der Waals surface area contributed by atoms with E-state index in [-0.39, 0.29) is 29.6 Å². The molecule has 0 aliphatic carbocycles. The fourth-order valence-corrected chi connectivity index (χ4v) is 0.975. The molecule has 0 saturated carbocycles. The minimum atomic E-state index is -5.17. The van der Waals surface area contributed by atoms with E-state index in [1.807, 2.05) is 7.05 Å². The quantitative estimate of drug-likeness (QED) is 0.247. The Hall–Kier alpha value is 0.0800. The summed E-state index contributed by atoms with van der Waals surface area (Å²) >= 11 is 0. The Morgan fingerprint density at radius 2 is 1.88 bits per heavy atom. The predicted molar refractivity (Wildman–Crippen MR) is 51.0 cm³/mol. The number of nitrogens with zero attached hydrogens (tertiary/aromatic N) is 2. The standard InChI is InChI=1S/C8H15N2.Na.H2O4S/c1-3-4-5-10-7-6-9(2)8-10;;1-5(2,3)4/h6-8H,3-5H2,1-2H3;;(H2,1,2,3,4)/q2*+1;/p-2. The molecule has 1 aromatic heterocycles. The summed E-state index contributed by atoms with van der Waals surface area (Å²) in [7, 11) is -3.12. The second-order valence-corrected chi connectivity index (χ2v) is 3.90. The average molecular weight is 258 g/mol. The van der Waals surface area contributed by atoms with E-state index in [4.69, 9.17) is 17.5 Å². The number of unbranched alkanes of at least 4 members (excludes halogenated alkanes) is 1. The van der Waals surface area contributed by atoms with Crippen LogP contribution in [0, 0.1) is 0 Å². The zero-order chi connectivity index (χ0) is 11.9. The van der Waals surface area contributed by atoms with E-state index in [2.05, 4.69) is 34.8 Å². The Morgan fingerprint density at radius 3 is 2.19 bits per heavy atom. The predicted octanol–water partition coefficient (Wildman–Crippen LogP) is -3.22. The normalized spacial score (nSPS) is 10.0.